The molecule has 0 spiro atoms. The van der Waals surface area contributed by atoms with Gasteiger partial charge in [0.25, 0.3) is 0 Å². The zero-order valence-corrected chi connectivity index (χ0v) is 4.89. The lowest BCUT2D eigenvalue weighted by molar-refractivity contribution is -0.183. The van der Waals surface area contributed by atoms with Crippen LogP contribution in [0.1, 0.15) is 10.5 Å². The average molecular weight is 140 g/mol. The number of hydrogen-bond acceptors (Lipinski definition) is 5. The number of rotatable bonds is 1. The van der Waals surface area contributed by atoms with Gasteiger partial charge in [0.2, 0.25) is 0 Å². The molecule has 0 aliphatic carbocycles. The highest BCUT2D eigenvalue weighted by molar-refractivity contribution is 5.86. The van der Waals surface area contributed by atoms with Crippen LogP contribution in [0.2, 0.25) is 0 Å². The second-order valence-electron chi connectivity index (χ2n) is 1.47. The third-order valence-corrected chi connectivity index (χ3v) is 0.874. The van der Waals surface area contributed by atoms with Gasteiger partial charge in [0.05, 0.1) is 0 Å². The Morgan fingerprint density at radius 2 is 2.50 bits per heavy atom. The molecule has 0 aromatic carbocycles. The van der Waals surface area contributed by atoms with Crippen molar-refractivity contribution in [3.8, 4) is 0 Å². The lowest BCUT2D eigenvalue weighted by atomic mass is 10.4. The molecule has 0 bridgehead atoms. The molecule has 0 saturated carbocycles. The van der Waals surface area contributed by atoms with Crippen LogP contribution in [0, 0.1) is 0 Å². The summed E-state index contributed by atoms with van der Waals surface area (Å²) in [7, 11) is 0. The Kier molecular flexibility index (Phi) is 1.91. The second kappa shape index (κ2) is 2.88. The van der Waals surface area contributed by atoms with Crippen LogP contribution in [0.5, 0.6) is 0 Å². The Hall–Kier alpha value is -1.49. The fraction of sp³-hybridized carbons (Fsp3) is 0. The van der Waals surface area contributed by atoms with Gasteiger partial charge in [0.15, 0.2) is 5.69 Å². The topological polar surface area (TPSA) is 72.3 Å². The summed E-state index contributed by atoms with van der Waals surface area (Å²) >= 11 is 0. The predicted molar refractivity (Wildman–Crippen MR) is 30.1 cm³/mol. The molecular formula is C5H4N2O3. The van der Waals surface area contributed by atoms with E-state index in [1.807, 2.05) is 0 Å². The number of aromatic nitrogens is 2. The van der Waals surface area contributed by atoms with Gasteiger partial charge in [-0.15, -0.1) is 0 Å². The molecule has 5 nitrogen and oxygen atoms in total. The van der Waals surface area contributed by atoms with E-state index in [2.05, 4.69) is 14.9 Å². The van der Waals surface area contributed by atoms with Gasteiger partial charge >= 0.3 is 5.97 Å². The molecule has 0 radical (unpaired) electrons. The van der Waals surface area contributed by atoms with E-state index in [4.69, 9.17) is 5.26 Å². The fourth-order valence-electron chi connectivity index (χ4n) is 0.458. The van der Waals surface area contributed by atoms with E-state index in [9.17, 15) is 4.79 Å². The molecule has 0 aliphatic rings. The smallest absolute Gasteiger partial charge is 0.294 e. The van der Waals surface area contributed by atoms with Crippen molar-refractivity contribution in [2.45, 2.75) is 0 Å². The van der Waals surface area contributed by atoms with Crippen LogP contribution < -0.4 is 0 Å². The normalized spacial score (nSPS) is 8.90. The van der Waals surface area contributed by atoms with E-state index in [0.717, 1.165) is 0 Å². The van der Waals surface area contributed by atoms with E-state index >= 15 is 0 Å². The minimum Gasteiger partial charge on any atom is -0.294 e. The molecule has 1 aromatic heterocycles. The maximum Gasteiger partial charge on any atom is 0.391 e. The first-order valence-electron chi connectivity index (χ1n) is 2.46. The quantitative estimate of drug-likeness (QED) is 0.442. The van der Waals surface area contributed by atoms with Gasteiger partial charge in [-0.3, -0.25) is 4.89 Å². The second-order valence-corrected chi connectivity index (χ2v) is 1.47. The van der Waals surface area contributed by atoms with Crippen molar-refractivity contribution in [2.75, 3.05) is 0 Å². The molecular weight excluding hydrogens is 136 g/mol. The number of carbonyl (C=O) groups excluding carboxylic acids is 1. The van der Waals surface area contributed by atoms with Crippen molar-refractivity contribution < 1.29 is 14.9 Å². The summed E-state index contributed by atoms with van der Waals surface area (Å²) < 4.78 is 0. The first-order chi connectivity index (χ1) is 4.84. The first kappa shape index (κ1) is 6.63. The van der Waals surface area contributed by atoms with Gasteiger partial charge in [-0.2, -0.15) is 5.26 Å². The summed E-state index contributed by atoms with van der Waals surface area (Å²) in [6.45, 7) is 0. The maximum atomic E-state index is 10.5. The largest absolute Gasteiger partial charge is 0.391 e. The third-order valence-electron chi connectivity index (χ3n) is 0.874. The number of carbonyl (C=O) groups is 1. The monoisotopic (exact) mass is 140 g/mol. The van der Waals surface area contributed by atoms with E-state index in [0.29, 0.717) is 0 Å². The molecule has 0 atom stereocenters. The highest BCUT2D eigenvalue weighted by Gasteiger charge is 2.05. The number of nitrogens with zero attached hydrogens (tertiary/aromatic N) is 2. The first-order valence-corrected chi connectivity index (χ1v) is 2.46. The Balaban J connectivity index is 2.85. The van der Waals surface area contributed by atoms with Gasteiger partial charge in [-0.25, -0.2) is 14.8 Å². The summed E-state index contributed by atoms with van der Waals surface area (Å²) in [5.74, 6) is -0.887. The molecule has 1 aromatic rings. The van der Waals surface area contributed by atoms with Crippen molar-refractivity contribution in [3.63, 3.8) is 0 Å². The third kappa shape index (κ3) is 1.26. The van der Waals surface area contributed by atoms with E-state index in [1.165, 1.54) is 18.6 Å². The Bertz CT molecular complexity index is 224. The van der Waals surface area contributed by atoms with Crippen molar-refractivity contribution in [3.05, 3.63) is 24.3 Å². The van der Waals surface area contributed by atoms with Gasteiger partial charge in [-0.1, -0.05) is 0 Å². The van der Waals surface area contributed by atoms with Gasteiger partial charge in [0.1, 0.15) is 6.33 Å². The summed E-state index contributed by atoms with van der Waals surface area (Å²) in [6.07, 6.45) is 2.56. The van der Waals surface area contributed by atoms with Gasteiger partial charge < -0.3 is 0 Å². The van der Waals surface area contributed by atoms with Crippen LogP contribution in [0.15, 0.2) is 18.6 Å². The zero-order valence-electron chi connectivity index (χ0n) is 4.89. The van der Waals surface area contributed by atoms with Crippen LogP contribution in [0.4, 0.5) is 0 Å². The lowest BCUT2D eigenvalue weighted by Crippen LogP contribution is -2.03. The highest BCUT2D eigenvalue weighted by Crippen LogP contribution is 1.91. The van der Waals surface area contributed by atoms with Crippen LogP contribution in [-0.4, -0.2) is 21.2 Å². The molecule has 0 amide bonds. The van der Waals surface area contributed by atoms with Crippen LogP contribution in [0.3, 0.4) is 0 Å². The van der Waals surface area contributed by atoms with Gasteiger partial charge in [0, 0.05) is 6.20 Å². The zero-order chi connectivity index (χ0) is 7.40. The molecule has 0 saturated heterocycles. The van der Waals surface area contributed by atoms with E-state index in [-0.39, 0.29) is 5.69 Å². The molecule has 0 fully saturated rings. The molecule has 0 aliphatic heterocycles. The summed E-state index contributed by atoms with van der Waals surface area (Å²) in [5.41, 5.74) is 0.0255. The Labute approximate surface area is 56.2 Å². The van der Waals surface area contributed by atoms with E-state index in [1.54, 1.807) is 0 Å². The lowest BCUT2D eigenvalue weighted by Gasteiger charge is -1.91. The molecule has 1 N–H and O–H groups in total. The van der Waals surface area contributed by atoms with Crippen molar-refractivity contribution in [1.82, 2.24) is 9.97 Å². The van der Waals surface area contributed by atoms with Crippen LogP contribution in [0.25, 0.3) is 0 Å². The fourth-order valence-corrected chi connectivity index (χ4v) is 0.458. The molecule has 52 valence electrons. The maximum absolute atomic E-state index is 10.5. The molecule has 10 heavy (non-hydrogen) atoms. The van der Waals surface area contributed by atoms with E-state index < -0.39 is 5.97 Å². The molecule has 1 rings (SSSR count). The summed E-state index contributed by atoms with van der Waals surface area (Å²) in [6, 6.07) is 1.33. The minimum atomic E-state index is -0.887. The van der Waals surface area contributed by atoms with Crippen LogP contribution in [-0.2, 0) is 4.89 Å². The van der Waals surface area contributed by atoms with Crippen molar-refractivity contribution in [1.29, 1.82) is 0 Å². The highest BCUT2D eigenvalue weighted by atomic mass is 17.1. The molecule has 1 heterocycles. The standard InChI is InChI=1S/C5H4N2O3/c8-5(10-9)4-1-2-6-3-7-4/h1-3,9H. The van der Waals surface area contributed by atoms with Crippen molar-refractivity contribution in [2.24, 2.45) is 0 Å². The average Bonchev–Trinajstić information content (AvgIpc) is 2.05. The minimum absolute atomic E-state index is 0.0255. The SMILES string of the molecule is O=C(OO)c1ccncn1. The van der Waals surface area contributed by atoms with Crippen LogP contribution >= 0.6 is 0 Å². The Morgan fingerprint density at radius 1 is 1.70 bits per heavy atom. The molecule has 0 unspecified atom stereocenters. The molecule has 5 heteroatoms. The number of hydrogen-bond donors (Lipinski definition) is 1. The van der Waals surface area contributed by atoms with Gasteiger partial charge in [-0.05, 0) is 6.07 Å². The Morgan fingerprint density at radius 3 is 3.00 bits per heavy atom. The summed E-state index contributed by atoms with van der Waals surface area (Å²) in [4.78, 5) is 20.9. The predicted octanol–water partition coefficient (Wildman–Crippen LogP) is 0.106. The summed E-state index contributed by atoms with van der Waals surface area (Å²) in [5, 5.41) is 7.88. The van der Waals surface area contributed by atoms with Crippen molar-refractivity contribution >= 4 is 5.97 Å².